The molecule has 5 heteroatoms. The first-order chi connectivity index (χ1) is 9.65. The van der Waals surface area contributed by atoms with Crippen molar-refractivity contribution in [3.63, 3.8) is 0 Å². The van der Waals surface area contributed by atoms with Crippen molar-refractivity contribution >= 4 is 11.6 Å². The Hall–Kier alpha value is -1.75. The van der Waals surface area contributed by atoms with E-state index in [1.54, 1.807) is 6.07 Å². The van der Waals surface area contributed by atoms with E-state index >= 15 is 0 Å². The van der Waals surface area contributed by atoms with E-state index in [1.807, 2.05) is 18.2 Å². The number of nitrogen functional groups attached to an aromatic ring is 1. The van der Waals surface area contributed by atoms with Gasteiger partial charge in [0.1, 0.15) is 5.75 Å². The Morgan fingerprint density at radius 1 is 1.50 bits per heavy atom. The summed E-state index contributed by atoms with van der Waals surface area (Å²) in [6.45, 7) is 2.39. The lowest BCUT2D eigenvalue weighted by molar-refractivity contribution is -0.122. The van der Waals surface area contributed by atoms with E-state index in [2.05, 4.69) is 17.3 Å². The first-order valence-corrected chi connectivity index (χ1v) is 7.10. The van der Waals surface area contributed by atoms with Crippen LogP contribution in [-0.4, -0.2) is 43.6 Å². The molecular formula is C15H23N3O2. The number of carbonyl (C=O) groups excluding carboxylic acids is 1. The molecule has 1 fully saturated rings. The highest BCUT2D eigenvalue weighted by molar-refractivity contribution is 5.76. The minimum absolute atomic E-state index is 0.0415. The molecule has 0 saturated carbocycles. The van der Waals surface area contributed by atoms with Gasteiger partial charge in [-0.15, -0.1) is 0 Å². The van der Waals surface area contributed by atoms with Crippen molar-refractivity contribution in [1.29, 1.82) is 0 Å². The van der Waals surface area contributed by atoms with Crippen molar-refractivity contribution in [3.8, 4) is 5.75 Å². The van der Waals surface area contributed by atoms with Crippen LogP contribution in [0.5, 0.6) is 5.75 Å². The molecule has 1 heterocycles. The van der Waals surface area contributed by atoms with Crippen molar-refractivity contribution < 1.29 is 9.53 Å². The summed E-state index contributed by atoms with van der Waals surface area (Å²) in [4.78, 5) is 14.1. The van der Waals surface area contributed by atoms with E-state index in [0.717, 1.165) is 25.9 Å². The smallest absolute Gasteiger partial charge is 0.223 e. The van der Waals surface area contributed by atoms with Crippen molar-refractivity contribution in [2.24, 2.45) is 0 Å². The summed E-state index contributed by atoms with van der Waals surface area (Å²) in [7, 11) is 2.08. The summed E-state index contributed by atoms with van der Waals surface area (Å²) in [5.41, 5.74) is 6.37. The molecule has 1 amide bonds. The highest BCUT2D eigenvalue weighted by Crippen LogP contribution is 2.19. The van der Waals surface area contributed by atoms with Crippen LogP contribution in [0.3, 0.4) is 0 Å². The van der Waals surface area contributed by atoms with Crippen molar-refractivity contribution in [1.82, 2.24) is 10.2 Å². The Bertz CT molecular complexity index is 450. The highest BCUT2D eigenvalue weighted by atomic mass is 16.5. The summed E-state index contributed by atoms with van der Waals surface area (Å²) in [5, 5.41) is 3.06. The number of amides is 1. The summed E-state index contributed by atoms with van der Waals surface area (Å²) < 4.78 is 5.52. The Morgan fingerprint density at radius 2 is 2.30 bits per heavy atom. The average Bonchev–Trinajstić information content (AvgIpc) is 2.41. The molecule has 1 aliphatic rings. The zero-order valence-electron chi connectivity index (χ0n) is 12.0. The molecule has 1 saturated heterocycles. The summed E-state index contributed by atoms with van der Waals surface area (Å²) in [6.07, 6.45) is 2.55. The number of para-hydroxylation sites is 2. The van der Waals surface area contributed by atoms with Crippen LogP contribution in [0, 0.1) is 0 Å². The van der Waals surface area contributed by atoms with Crippen LogP contribution in [0.2, 0.25) is 0 Å². The predicted octanol–water partition coefficient (Wildman–Crippen LogP) is 1.25. The zero-order valence-corrected chi connectivity index (χ0v) is 12.0. The maximum atomic E-state index is 11.9. The number of nitrogens with one attached hydrogen (secondary N) is 1. The molecule has 1 atom stereocenters. The van der Waals surface area contributed by atoms with Crippen LogP contribution in [0.15, 0.2) is 24.3 Å². The molecule has 0 radical (unpaired) electrons. The second kappa shape index (κ2) is 7.14. The van der Waals surface area contributed by atoms with Gasteiger partial charge in [-0.1, -0.05) is 12.1 Å². The molecule has 0 bridgehead atoms. The number of likely N-dealkylation sites (N-methyl/N-ethyl adjacent to an activating group) is 1. The maximum absolute atomic E-state index is 11.9. The van der Waals surface area contributed by atoms with Gasteiger partial charge in [0.15, 0.2) is 0 Å². The standard InChI is InChI=1S/C15H23N3O2/c1-18-9-4-5-12(11-18)17-15(19)8-10-20-14-7-3-2-6-13(14)16/h2-3,6-7,12H,4-5,8-11,16H2,1H3,(H,17,19). The van der Waals surface area contributed by atoms with Crippen LogP contribution in [0.1, 0.15) is 19.3 Å². The van der Waals surface area contributed by atoms with Gasteiger partial charge in [0.05, 0.1) is 18.7 Å². The van der Waals surface area contributed by atoms with Gasteiger partial charge >= 0.3 is 0 Å². The van der Waals surface area contributed by atoms with Gasteiger partial charge in [-0.2, -0.15) is 0 Å². The fourth-order valence-electron chi connectivity index (χ4n) is 2.45. The number of nitrogens with zero attached hydrogens (tertiary/aromatic N) is 1. The van der Waals surface area contributed by atoms with Crippen molar-refractivity contribution in [2.45, 2.75) is 25.3 Å². The Balaban J connectivity index is 1.69. The second-order valence-corrected chi connectivity index (χ2v) is 5.31. The zero-order chi connectivity index (χ0) is 14.4. The van der Waals surface area contributed by atoms with Crippen molar-refractivity contribution in [2.75, 3.05) is 32.5 Å². The van der Waals surface area contributed by atoms with Gasteiger partial charge in [0, 0.05) is 12.6 Å². The van der Waals surface area contributed by atoms with E-state index in [4.69, 9.17) is 10.5 Å². The quantitative estimate of drug-likeness (QED) is 0.795. The van der Waals surface area contributed by atoms with Crippen LogP contribution < -0.4 is 15.8 Å². The normalized spacial score (nSPS) is 19.6. The van der Waals surface area contributed by atoms with Gasteiger partial charge in [-0.05, 0) is 38.6 Å². The van der Waals surface area contributed by atoms with E-state index in [9.17, 15) is 4.79 Å². The number of anilines is 1. The van der Waals surface area contributed by atoms with Gasteiger partial charge in [0.2, 0.25) is 5.91 Å². The topological polar surface area (TPSA) is 67.6 Å². The molecule has 1 aromatic carbocycles. The van der Waals surface area contributed by atoms with Crippen LogP contribution >= 0.6 is 0 Å². The molecule has 1 unspecified atom stereocenters. The number of hydrogen-bond donors (Lipinski definition) is 2. The van der Waals surface area contributed by atoms with Crippen LogP contribution in [-0.2, 0) is 4.79 Å². The third-order valence-electron chi connectivity index (χ3n) is 3.50. The average molecular weight is 277 g/mol. The van der Waals surface area contributed by atoms with Crippen LogP contribution in [0.4, 0.5) is 5.69 Å². The molecule has 0 spiro atoms. The Kier molecular flexibility index (Phi) is 5.24. The second-order valence-electron chi connectivity index (χ2n) is 5.31. The highest BCUT2D eigenvalue weighted by Gasteiger charge is 2.18. The Labute approximate surface area is 120 Å². The van der Waals surface area contributed by atoms with E-state index in [-0.39, 0.29) is 11.9 Å². The summed E-state index contributed by atoms with van der Waals surface area (Å²) in [6, 6.07) is 7.58. The lowest BCUT2D eigenvalue weighted by atomic mass is 10.1. The molecular weight excluding hydrogens is 254 g/mol. The fourth-order valence-corrected chi connectivity index (χ4v) is 2.45. The third kappa shape index (κ3) is 4.42. The summed E-state index contributed by atoms with van der Waals surface area (Å²) in [5.74, 6) is 0.678. The number of benzene rings is 1. The monoisotopic (exact) mass is 277 g/mol. The van der Waals surface area contributed by atoms with E-state index in [1.165, 1.54) is 0 Å². The van der Waals surface area contributed by atoms with E-state index in [0.29, 0.717) is 24.5 Å². The Morgan fingerprint density at radius 3 is 3.05 bits per heavy atom. The van der Waals surface area contributed by atoms with Crippen molar-refractivity contribution in [3.05, 3.63) is 24.3 Å². The summed E-state index contributed by atoms with van der Waals surface area (Å²) >= 11 is 0. The number of likely N-dealkylation sites (tertiary alicyclic amines) is 1. The minimum atomic E-state index is 0.0415. The molecule has 5 nitrogen and oxygen atoms in total. The molecule has 1 aliphatic heterocycles. The first-order valence-electron chi connectivity index (χ1n) is 7.10. The fraction of sp³-hybridized carbons (Fsp3) is 0.533. The predicted molar refractivity (Wildman–Crippen MR) is 79.6 cm³/mol. The number of piperidine rings is 1. The number of nitrogens with two attached hydrogens (primary N) is 1. The largest absolute Gasteiger partial charge is 0.491 e. The molecule has 0 aromatic heterocycles. The lowest BCUT2D eigenvalue weighted by Gasteiger charge is -2.30. The third-order valence-corrected chi connectivity index (χ3v) is 3.50. The molecule has 2 rings (SSSR count). The molecule has 3 N–H and O–H groups in total. The molecule has 1 aromatic rings. The maximum Gasteiger partial charge on any atom is 0.223 e. The van der Waals surface area contributed by atoms with Gasteiger partial charge in [-0.3, -0.25) is 4.79 Å². The van der Waals surface area contributed by atoms with E-state index < -0.39 is 0 Å². The lowest BCUT2D eigenvalue weighted by Crippen LogP contribution is -2.46. The minimum Gasteiger partial charge on any atom is -0.491 e. The first kappa shape index (κ1) is 14.7. The van der Waals surface area contributed by atoms with Gasteiger partial charge < -0.3 is 20.7 Å². The van der Waals surface area contributed by atoms with Gasteiger partial charge in [0.25, 0.3) is 0 Å². The van der Waals surface area contributed by atoms with Crippen LogP contribution in [0.25, 0.3) is 0 Å². The molecule has 20 heavy (non-hydrogen) atoms. The van der Waals surface area contributed by atoms with Gasteiger partial charge in [-0.25, -0.2) is 0 Å². The number of carbonyl (C=O) groups is 1. The SMILES string of the molecule is CN1CCCC(NC(=O)CCOc2ccccc2N)C1. The molecule has 0 aliphatic carbocycles. The number of hydrogen-bond acceptors (Lipinski definition) is 4. The molecule has 110 valence electrons. The number of ether oxygens (including phenoxy) is 1. The number of rotatable bonds is 5.